The Morgan fingerprint density at radius 3 is 2.93 bits per heavy atom. The largest absolute Gasteiger partial charge is 0.352 e. The third-order valence-electron chi connectivity index (χ3n) is 2.20. The zero-order valence-corrected chi connectivity index (χ0v) is 9.82. The number of nitrogens with one attached hydrogen (secondary N) is 2. The van der Waals surface area contributed by atoms with E-state index in [1.54, 1.807) is 0 Å². The van der Waals surface area contributed by atoms with Crippen molar-refractivity contribution in [1.29, 1.82) is 0 Å². The van der Waals surface area contributed by atoms with Crippen LogP contribution in [0.3, 0.4) is 0 Å². The Balaban J connectivity index is 2.03. The predicted molar refractivity (Wildman–Crippen MR) is 61.6 cm³/mol. The van der Waals surface area contributed by atoms with Crippen LogP contribution < -0.4 is 10.6 Å². The van der Waals surface area contributed by atoms with Crippen molar-refractivity contribution in [2.24, 2.45) is 0 Å². The quantitative estimate of drug-likeness (QED) is 0.720. The van der Waals surface area contributed by atoms with Crippen LogP contribution in [-0.4, -0.2) is 36.0 Å². The fourth-order valence-electron chi connectivity index (χ4n) is 1.42. The van der Waals surface area contributed by atoms with E-state index >= 15 is 0 Å². The molecule has 1 rings (SSSR count). The molecule has 0 spiro atoms. The van der Waals surface area contributed by atoms with Gasteiger partial charge in [-0.25, -0.2) is 0 Å². The number of amides is 1. The Hall–Kier alpha value is -0.220. The molecule has 82 valence electrons. The maximum absolute atomic E-state index is 11.4. The van der Waals surface area contributed by atoms with Gasteiger partial charge in [0.05, 0.1) is 0 Å². The zero-order chi connectivity index (χ0) is 10.4. The molecule has 1 aliphatic heterocycles. The highest BCUT2D eigenvalue weighted by atomic mass is 32.2. The minimum Gasteiger partial charge on any atom is -0.352 e. The van der Waals surface area contributed by atoms with Crippen LogP contribution in [0.5, 0.6) is 0 Å². The molecule has 1 unspecified atom stereocenters. The number of thioether (sulfide) groups is 1. The van der Waals surface area contributed by atoms with Gasteiger partial charge in [-0.05, 0) is 12.2 Å². The summed E-state index contributed by atoms with van der Waals surface area (Å²) in [5.74, 6) is 2.46. The molecule has 0 aromatic heterocycles. The van der Waals surface area contributed by atoms with Crippen molar-refractivity contribution in [1.82, 2.24) is 10.6 Å². The Morgan fingerprint density at radius 2 is 2.36 bits per heavy atom. The lowest BCUT2D eigenvalue weighted by molar-refractivity contribution is -0.121. The summed E-state index contributed by atoms with van der Waals surface area (Å²) in [5, 5.41) is 6.29. The summed E-state index contributed by atoms with van der Waals surface area (Å²) < 4.78 is 0. The molecule has 1 saturated heterocycles. The van der Waals surface area contributed by atoms with Crippen LogP contribution in [0.25, 0.3) is 0 Å². The summed E-state index contributed by atoms with van der Waals surface area (Å²) in [6.45, 7) is 4.96. The van der Waals surface area contributed by atoms with E-state index in [4.69, 9.17) is 0 Å². The summed E-state index contributed by atoms with van der Waals surface area (Å²) in [5.41, 5.74) is 0. The first-order valence-electron chi connectivity index (χ1n) is 5.29. The fourth-order valence-corrected chi connectivity index (χ4v) is 2.57. The summed E-state index contributed by atoms with van der Waals surface area (Å²) in [7, 11) is 0. The summed E-state index contributed by atoms with van der Waals surface area (Å²) in [6.07, 6.45) is 1.73. The Labute approximate surface area is 90.4 Å². The van der Waals surface area contributed by atoms with E-state index in [9.17, 15) is 4.79 Å². The summed E-state index contributed by atoms with van der Waals surface area (Å²) in [6, 6.07) is 0.886. The molecule has 2 N–H and O–H groups in total. The highest BCUT2D eigenvalue weighted by Crippen LogP contribution is 2.16. The van der Waals surface area contributed by atoms with Crippen LogP contribution >= 0.6 is 11.8 Å². The molecule has 4 heteroatoms. The number of carbonyl (C=O) groups is 1. The molecule has 1 atom stereocenters. The number of carbonyl (C=O) groups excluding carboxylic acids is 1. The first kappa shape index (κ1) is 11.9. The van der Waals surface area contributed by atoms with Crippen LogP contribution in [-0.2, 0) is 4.79 Å². The molecule has 0 bridgehead atoms. The zero-order valence-electron chi connectivity index (χ0n) is 9.01. The molecule has 1 aliphatic rings. The van der Waals surface area contributed by atoms with Crippen LogP contribution in [0.4, 0.5) is 0 Å². The van der Waals surface area contributed by atoms with Crippen LogP contribution in [0.1, 0.15) is 26.7 Å². The van der Waals surface area contributed by atoms with Crippen LogP contribution in [0, 0.1) is 0 Å². The summed E-state index contributed by atoms with van der Waals surface area (Å²) >= 11 is 1.92. The second-order valence-electron chi connectivity index (χ2n) is 3.99. The Bertz CT molecular complexity index is 179. The second kappa shape index (κ2) is 6.30. The molecule has 0 aromatic carbocycles. The van der Waals surface area contributed by atoms with Crippen LogP contribution in [0.15, 0.2) is 0 Å². The van der Waals surface area contributed by atoms with Crippen molar-refractivity contribution in [2.45, 2.75) is 38.8 Å². The van der Waals surface area contributed by atoms with Gasteiger partial charge in [-0.3, -0.25) is 4.79 Å². The molecule has 1 heterocycles. The normalized spacial score (nSPS) is 21.5. The topological polar surface area (TPSA) is 41.1 Å². The van der Waals surface area contributed by atoms with Crippen molar-refractivity contribution >= 4 is 17.7 Å². The van der Waals surface area contributed by atoms with E-state index in [0.29, 0.717) is 18.5 Å². The maximum atomic E-state index is 11.4. The maximum Gasteiger partial charge on any atom is 0.221 e. The molecular weight excluding hydrogens is 196 g/mol. The third kappa shape index (κ3) is 4.86. The SMILES string of the molecule is CC(C)NCCC(=O)NC1CCSC1. The van der Waals surface area contributed by atoms with E-state index in [2.05, 4.69) is 24.5 Å². The van der Waals surface area contributed by atoms with Gasteiger partial charge in [0, 0.05) is 30.8 Å². The monoisotopic (exact) mass is 216 g/mol. The highest BCUT2D eigenvalue weighted by Gasteiger charge is 2.16. The first-order valence-corrected chi connectivity index (χ1v) is 6.44. The van der Waals surface area contributed by atoms with Crippen molar-refractivity contribution in [3.8, 4) is 0 Å². The van der Waals surface area contributed by atoms with Gasteiger partial charge in [-0.1, -0.05) is 13.8 Å². The number of rotatable bonds is 5. The molecule has 1 fully saturated rings. The third-order valence-corrected chi connectivity index (χ3v) is 3.36. The van der Waals surface area contributed by atoms with E-state index < -0.39 is 0 Å². The van der Waals surface area contributed by atoms with E-state index in [-0.39, 0.29) is 5.91 Å². The number of hydrogen-bond donors (Lipinski definition) is 2. The number of hydrogen-bond acceptors (Lipinski definition) is 3. The molecule has 14 heavy (non-hydrogen) atoms. The average Bonchev–Trinajstić information content (AvgIpc) is 2.56. The van der Waals surface area contributed by atoms with Crippen molar-refractivity contribution < 1.29 is 4.79 Å². The first-order chi connectivity index (χ1) is 6.68. The van der Waals surface area contributed by atoms with Gasteiger partial charge in [0.15, 0.2) is 0 Å². The molecular formula is C10H20N2OS. The minimum atomic E-state index is 0.186. The lowest BCUT2D eigenvalue weighted by Gasteiger charge is -2.12. The van der Waals surface area contributed by atoms with Gasteiger partial charge in [-0.15, -0.1) is 0 Å². The highest BCUT2D eigenvalue weighted by molar-refractivity contribution is 7.99. The summed E-state index contributed by atoms with van der Waals surface area (Å²) in [4.78, 5) is 11.4. The van der Waals surface area contributed by atoms with Gasteiger partial charge in [-0.2, -0.15) is 11.8 Å². The van der Waals surface area contributed by atoms with Crippen molar-refractivity contribution in [3.05, 3.63) is 0 Å². The Morgan fingerprint density at radius 1 is 1.57 bits per heavy atom. The van der Waals surface area contributed by atoms with Gasteiger partial charge in [0.1, 0.15) is 0 Å². The van der Waals surface area contributed by atoms with Crippen LogP contribution in [0.2, 0.25) is 0 Å². The average molecular weight is 216 g/mol. The fraction of sp³-hybridized carbons (Fsp3) is 0.900. The predicted octanol–water partition coefficient (Wildman–Crippen LogP) is 0.996. The Kier molecular flexibility index (Phi) is 5.33. The minimum absolute atomic E-state index is 0.186. The lowest BCUT2D eigenvalue weighted by Crippen LogP contribution is -2.37. The van der Waals surface area contributed by atoms with E-state index in [0.717, 1.165) is 18.7 Å². The molecule has 0 saturated carbocycles. The van der Waals surface area contributed by atoms with Gasteiger partial charge < -0.3 is 10.6 Å². The second-order valence-corrected chi connectivity index (χ2v) is 5.14. The lowest BCUT2D eigenvalue weighted by atomic mass is 10.2. The van der Waals surface area contributed by atoms with Gasteiger partial charge in [0.2, 0.25) is 5.91 Å². The molecule has 3 nitrogen and oxygen atoms in total. The molecule has 0 radical (unpaired) electrons. The molecule has 1 amide bonds. The van der Waals surface area contributed by atoms with E-state index in [1.807, 2.05) is 11.8 Å². The van der Waals surface area contributed by atoms with E-state index in [1.165, 1.54) is 5.75 Å². The smallest absolute Gasteiger partial charge is 0.221 e. The van der Waals surface area contributed by atoms with Crippen molar-refractivity contribution in [2.75, 3.05) is 18.1 Å². The molecule has 0 aromatic rings. The van der Waals surface area contributed by atoms with Crippen molar-refractivity contribution in [3.63, 3.8) is 0 Å². The molecule has 0 aliphatic carbocycles. The van der Waals surface area contributed by atoms with Gasteiger partial charge in [0.25, 0.3) is 0 Å². The standard InChI is InChI=1S/C10H20N2OS/c1-8(2)11-5-3-10(13)12-9-4-6-14-7-9/h8-9,11H,3-7H2,1-2H3,(H,12,13). The van der Waals surface area contributed by atoms with Gasteiger partial charge >= 0.3 is 0 Å².